The number of carbonyl (C=O) groups excluding carboxylic acids is 2. The van der Waals surface area contributed by atoms with Gasteiger partial charge >= 0.3 is 0 Å². The fourth-order valence-electron chi connectivity index (χ4n) is 1.67. The lowest BCUT2D eigenvalue weighted by molar-refractivity contribution is -0.116. The summed E-state index contributed by atoms with van der Waals surface area (Å²) in [7, 11) is 0. The molecule has 0 saturated carbocycles. The molecule has 1 aliphatic rings. The molecule has 1 atom stereocenters. The van der Waals surface area contributed by atoms with Crippen molar-refractivity contribution in [3.05, 3.63) is 29.3 Å². The van der Waals surface area contributed by atoms with Gasteiger partial charge in [0.25, 0.3) is 0 Å². The summed E-state index contributed by atoms with van der Waals surface area (Å²) in [5, 5.41) is 2.75. The first-order valence-corrected chi connectivity index (χ1v) is 5.21. The number of ketones is 1. The molecule has 0 fully saturated rings. The second kappa shape index (κ2) is 3.66. The topological polar surface area (TPSA) is 46.2 Å². The highest BCUT2D eigenvalue weighted by Gasteiger charge is 2.26. The third kappa shape index (κ3) is 1.63. The van der Waals surface area contributed by atoms with Crippen LogP contribution in [0, 0.1) is 0 Å². The molecule has 2 rings (SSSR count). The van der Waals surface area contributed by atoms with Crippen molar-refractivity contribution >= 4 is 29.0 Å². The third-order valence-electron chi connectivity index (χ3n) is 2.61. The molecular weight excluding hydrogens is 214 g/mol. The van der Waals surface area contributed by atoms with Crippen molar-refractivity contribution in [2.24, 2.45) is 0 Å². The van der Waals surface area contributed by atoms with Crippen LogP contribution in [0.4, 0.5) is 5.69 Å². The Morgan fingerprint density at radius 1 is 1.53 bits per heavy atom. The molecule has 1 amide bonds. The summed E-state index contributed by atoms with van der Waals surface area (Å²) in [5.74, 6) is -0.372. The van der Waals surface area contributed by atoms with E-state index < -0.39 is 0 Å². The average Bonchev–Trinajstić information content (AvgIpc) is 2.54. The van der Waals surface area contributed by atoms with Gasteiger partial charge in [-0.3, -0.25) is 9.59 Å². The van der Waals surface area contributed by atoms with Gasteiger partial charge in [0.2, 0.25) is 5.91 Å². The molecule has 1 heterocycles. The van der Waals surface area contributed by atoms with E-state index in [0.29, 0.717) is 5.56 Å². The minimum absolute atomic E-state index is 0.0273. The predicted molar refractivity (Wildman–Crippen MR) is 58.5 cm³/mol. The molecule has 0 spiro atoms. The molecule has 0 saturated heterocycles. The van der Waals surface area contributed by atoms with Crippen LogP contribution in [0.1, 0.15) is 28.8 Å². The molecule has 1 aliphatic heterocycles. The number of nitrogens with one attached hydrogen (secondary N) is 1. The maximum atomic E-state index is 11.4. The number of rotatable bonds is 2. The van der Waals surface area contributed by atoms with Crippen LogP contribution in [0.5, 0.6) is 0 Å². The number of carbonyl (C=O) groups is 2. The Morgan fingerprint density at radius 3 is 2.93 bits per heavy atom. The number of hydrogen-bond acceptors (Lipinski definition) is 2. The van der Waals surface area contributed by atoms with E-state index in [-0.39, 0.29) is 23.5 Å². The van der Waals surface area contributed by atoms with Crippen molar-refractivity contribution in [3.63, 3.8) is 0 Å². The highest BCUT2D eigenvalue weighted by atomic mass is 35.5. The van der Waals surface area contributed by atoms with Crippen molar-refractivity contribution in [1.29, 1.82) is 0 Å². The Bertz CT molecular complexity index is 442. The lowest BCUT2D eigenvalue weighted by atomic mass is 9.99. The fourth-order valence-corrected chi connectivity index (χ4v) is 1.82. The number of hydrogen-bond donors (Lipinski definition) is 1. The van der Waals surface area contributed by atoms with E-state index in [1.807, 2.05) is 6.92 Å². The molecule has 15 heavy (non-hydrogen) atoms. The molecule has 4 heteroatoms. The number of halogens is 1. The van der Waals surface area contributed by atoms with Crippen LogP contribution in [0.25, 0.3) is 0 Å². The van der Waals surface area contributed by atoms with E-state index in [9.17, 15) is 9.59 Å². The summed E-state index contributed by atoms with van der Waals surface area (Å²) in [6.07, 6.45) is 0. The smallest absolute Gasteiger partial charge is 0.231 e. The predicted octanol–water partition coefficient (Wildman–Crippen LogP) is 2.16. The molecule has 0 unspecified atom stereocenters. The van der Waals surface area contributed by atoms with Gasteiger partial charge in [0.05, 0.1) is 11.8 Å². The summed E-state index contributed by atoms with van der Waals surface area (Å²) in [6.45, 7) is 1.82. The van der Waals surface area contributed by atoms with Gasteiger partial charge in [-0.1, -0.05) is 0 Å². The third-order valence-corrected chi connectivity index (χ3v) is 2.86. The maximum Gasteiger partial charge on any atom is 0.231 e. The van der Waals surface area contributed by atoms with E-state index in [1.165, 1.54) is 0 Å². The van der Waals surface area contributed by atoms with E-state index in [1.54, 1.807) is 18.2 Å². The number of Topliss-reactive ketones (excluding diaryl/α,β-unsaturated/α-hetero) is 1. The van der Waals surface area contributed by atoms with Crippen LogP contribution in [-0.4, -0.2) is 17.6 Å². The molecule has 0 radical (unpaired) electrons. The van der Waals surface area contributed by atoms with Crippen LogP contribution < -0.4 is 5.32 Å². The van der Waals surface area contributed by atoms with Crippen molar-refractivity contribution in [2.75, 3.05) is 11.2 Å². The molecular formula is C11H10ClNO2. The Labute approximate surface area is 92.4 Å². The van der Waals surface area contributed by atoms with Crippen molar-refractivity contribution in [1.82, 2.24) is 0 Å². The van der Waals surface area contributed by atoms with E-state index in [4.69, 9.17) is 11.6 Å². The van der Waals surface area contributed by atoms with Gasteiger partial charge in [0.1, 0.15) is 0 Å². The van der Waals surface area contributed by atoms with Crippen molar-refractivity contribution in [2.45, 2.75) is 12.8 Å². The van der Waals surface area contributed by atoms with E-state index in [0.717, 1.165) is 11.3 Å². The minimum atomic E-state index is -0.192. The maximum absolute atomic E-state index is 11.4. The summed E-state index contributed by atoms with van der Waals surface area (Å²) in [5.41, 5.74) is 2.22. The Balaban J connectivity index is 2.44. The van der Waals surface area contributed by atoms with Gasteiger partial charge in [-0.05, 0) is 30.7 Å². The number of benzene rings is 1. The van der Waals surface area contributed by atoms with E-state index in [2.05, 4.69) is 5.32 Å². The molecule has 0 aromatic heterocycles. The normalized spacial score (nSPS) is 18.5. The van der Waals surface area contributed by atoms with Gasteiger partial charge in [-0.2, -0.15) is 0 Å². The fraction of sp³-hybridized carbons (Fsp3) is 0.273. The average molecular weight is 224 g/mol. The molecule has 0 bridgehead atoms. The van der Waals surface area contributed by atoms with Gasteiger partial charge in [-0.15, -0.1) is 11.6 Å². The molecule has 78 valence electrons. The zero-order valence-electron chi connectivity index (χ0n) is 8.21. The lowest BCUT2D eigenvalue weighted by Gasteiger charge is -2.03. The largest absolute Gasteiger partial charge is 0.325 e. The van der Waals surface area contributed by atoms with Crippen LogP contribution in [0.15, 0.2) is 18.2 Å². The molecule has 1 aromatic rings. The number of fused-ring (bicyclic) bond motifs is 1. The standard InChI is InChI=1S/C11H10ClNO2/c1-6-8-4-7(10(14)5-12)2-3-9(8)13-11(6)15/h2-4,6H,5H2,1H3,(H,13,15)/t6-/m0/s1. The first kappa shape index (κ1) is 10.2. The first-order valence-electron chi connectivity index (χ1n) is 4.67. The Kier molecular flexibility index (Phi) is 2.49. The number of alkyl halides is 1. The van der Waals surface area contributed by atoms with E-state index >= 15 is 0 Å². The molecule has 1 N–H and O–H groups in total. The summed E-state index contributed by atoms with van der Waals surface area (Å²) in [6, 6.07) is 5.17. The van der Waals surface area contributed by atoms with Gasteiger partial charge < -0.3 is 5.32 Å². The molecule has 0 aliphatic carbocycles. The van der Waals surface area contributed by atoms with Gasteiger partial charge in [0.15, 0.2) is 5.78 Å². The second-order valence-electron chi connectivity index (χ2n) is 3.57. The Hall–Kier alpha value is -1.35. The highest BCUT2D eigenvalue weighted by Crippen LogP contribution is 2.32. The van der Waals surface area contributed by atoms with Crippen molar-refractivity contribution in [3.8, 4) is 0 Å². The second-order valence-corrected chi connectivity index (χ2v) is 3.84. The minimum Gasteiger partial charge on any atom is -0.325 e. The van der Waals surface area contributed by atoms with Crippen LogP contribution in [0.2, 0.25) is 0 Å². The quantitative estimate of drug-likeness (QED) is 0.617. The number of anilines is 1. The molecule has 1 aromatic carbocycles. The number of amides is 1. The summed E-state index contributed by atoms with van der Waals surface area (Å²) in [4.78, 5) is 22.7. The summed E-state index contributed by atoms with van der Waals surface area (Å²) >= 11 is 5.47. The SMILES string of the molecule is C[C@@H]1C(=O)Nc2ccc(C(=O)CCl)cc21. The highest BCUT2D eigenvalue weighted by molar-refractivity contribution is 6.30. The first-order chi connectivity index (χ1) is 7.13. The van der Waals surface area contributed by atoms with Crippen LogP contribution in [-0.2, 0) is 4.79 Å². The van der Waals surface area contributed by atoms with Crippen LogP contribution >= 0.6 is 11.6 Å². The van der Waals surface area contributed by atoms with Gasteiger partial charge in [0, 0.05) is 11.3 Å². The zero-order chi connectivity index (χ0) is 11.0. The monoisotopic (exact) mass is 223 g/mol. The zero-order valence-corrected chi connectivity index (χ0v) is 8.97. The lowest BCUT2D eigenvalue weighted by Crippen LogP contribution is -2.08. The summed E-state index contributed by atoms with van der Waals surface area (Å²) < 4.78 is 0. The van der Waals surface area contributed by atoms with Crippen molar-refractivity contribution < 1.29 is 9.59 Å². The van der Waals surface area contributed by atoms with Gasteiger partial charge in [-0.25, -0.2) is 0 Å². The Morgan fingerprint density at radius 2 is 2.27 bits per heavy atom. The molecule has 3 nitrogen and oxygen atoms in total. The van der Waals surface area contributed by atoms with Crippen LogP contribution in [0.3, 0.4) is 0 Å².